The summed E-state index contributed by atoms with van der Waals surface area (Å²) in [6.45, 7) is 0. The molecular weight excluding hydrogens is 232 g/mol. The van der Waals surface area contributed by atoms with E-state index in [1.165, 1.54) is 16.3 Å². The summed E-state index contributed by atoms with van der Waals surface area (Å²) in [5, 5.41) is 2.45. The lowest BCUT2D eigenvalue weighted by Gasteiger charge is -2.10. The highest BCUT2D eigenvalue weighted by Crippen LogP contribution is 2.30. The molecule has 0 aliphatic rings. The molecule has 0 bridgehead atoms. The van der Waals surface area contributed by atoms with Gasteiger partial charge in [0.05, 0.1) is 0 Å². The first-order valence-electron chi connectivity index (χ1n) is 6.40. The van der Waals surface area contributed by atoms with Crippen molar-refractivity contribution in [2.45, 2.75) is 6.42 Å². The number of benzene rings is 3. The zero-order chi connectivity index (χ0) is 13.1. The van der Waals surface area contributed by atoms with Crippen molar-refractivity contribution in [3.05, 3.63) is 72.3 Å². The molecule has 92 valence electrons. The van der Waals surface area contributed by atoms with Gasteiger partial charge in [-0.2, -0.15) is 0 Å². The maximum absolute atomic E-state index is 10.8. The molecule has 0 saturated heterocycles. The third-order valence-corrected chi connectivity index (χ3v) is 3.40. The molecule has 0 unspecified atom stereocenters. The summed E-state index contributed by atoms with van der Waals surface area (Å²) in [6, 6.07) is 22.7. The predicted octanol–water partition coefficient (Wildman–Crippen LogP) is 4.25. The first-order chi connectivity index (χ1) is 9.40. The van der Waals surface area contributed by atoms with Crippen LogP contribution in [0.1, 0.15) is 5.56 Å². The van der Waals surface area contributed by atoms with E-state index in [0.717, 1.165) is 17.4 Å². The summed E-state index contributed by atoms with van der Waals surface area (Å²) in [6.07, 6.45) is 1.42. The second-order valence-corrected chi connectivity index (χ2v) is 4.55. The average Bonchev–Trinajstić information content (AvgIpc) is 2.48. The van der Waals surface area contributed by atoms with Crippen molar-refractivity contribution in [2.24, 2.45) is 0 Å². The molecule has 0 atom stereocenters. The van der Waals surface area contributed by atoms with Crippen molar-refractivity contribution >= 4 is 17.1 Å². The Labute approximate surface area is 112 Å². The molecule has 3 aromatic rings. The van der Waals surface area contributed by atoms with Crippen LogP contribution in [0.5, 0.6) is 0 Å². The minimum Gasteiger partial charge on any atom is -0.303 e. The Morgan fingerprint density at radius 3 is 2.32 bits per heavy atom. The molecule has 3 rings (SSSR count). The van der Waals surface area contributed by atoms with E-state index in [9.17, 15) is 4.79 Å². The van der Waals surface area contributed by atoms with Gasteiger partial charge in [0, 0.05) is 6.42 Å². The van der Waals surface area contributed by atoms with Crippen molar-refractivity contribution in [3.63, 3.8) is 0 Å². The predicted molar refractivity (Wildman–Crippen MR) is 79.2 cm³/mol. The maximum Gasteiger partial charge on any atom is 0.124 e. The Bertz CT molecular complexity index is 723. The van der Waals surface area contributed by atoms with Crippen molar-refractivity contribution < 1.29 is 4.79 Å². The fraction of sp³-hybridized carbons (Fsp3) is 0.0556. The monoisotopic (exact) mass is 246 g/mol. The maximum atomic E-state index is 10.8. The smallest absolute Gasteiger partial charge is 0.124 e. The van der Waals surface area contributed by atoms with Gasteiger partial charge in [-0.25, -0.2) is 0 Å². The van der Waals surface area contributed by atoms with Crippen LogP contribution in [0.25, 0.3) is 21.9 Å². The molecule has 0 saturated carbocycles. The highest BCUT2D eigenvalue weighted by molar-refractivity contribution is 5.97. The highest BCUT2D eigenvalue weighted by Gasteiger charge is 2.07. The molecule has 0 aliphatic carbocycles. The summed E-state index contributed by atoms with van der Waals surface area (Å²) in [5.41, 5.74) is 3.41. The van der Waals surface area contributed by atoms with Crippen molar-refractivity contribution in [1.82, 2.24) is 0 Å². The number of carbonyl (C=O) groups is 1. The van der Waals surface area contributed by atoms with E-state index in [2.05, 4.69) is 36.4 Å². The molecule has 0 aromatic heterocycles. The Kier molecular flexibility index (Phi) is 3.11. The SMILES string of the molecule is O=CCc1ccccc1-c1cccc2ccccc12. The topological polar surface area (TPSA) is 17.1 Å². The van der Waals surface area contributed by atoms with Gasteiger partial charge in [0.15, 0.2) is 0 Å². The molecule has 0 heterocycles. The van der Waals surface area contributed by atoms with E-state index in [-0.39, 0.29) is 0 Å². The number of fused-ring (bicyclic) bond motifs is 1. The summed E-state index contributed by atoms with van der Waals surface area (Å²) in [7, 11) is 0. The third kappa shape index (κ3) is 2.15. The number of hydrogen-bond donors (Lipinski definition) is 0. The van der Waals surface area contributed by atoms with Crippen LogP contribution in [-0.2, 0) is 11.2 Å². The third-order valence-electron chi connectivity index (χ3n) is 3.40. The highest BCUT2D eigenvalue weighted by atomic mass is 16.1. The van der Waals surface area contributed by atoms with E-state index in [0.29, 0.717) is 6.42 Å². The van der Waals surface area contributed by atoms with Gasteiger partial charge in [0.25, 0.3) is 0 Å². The Balaban J connectivity index is 2.27. The van der Waals surface area contributed by atoms with Crippen molar-refractivity contribution in [2.75, 3.05) is 0 Å². The van der Waals surface area contributed by atoms with Gasteiger partial charge in [0.2, 0.25) is 0 Å². The van der Waals surface area contributed by atoms with Crippen molar-refractivity contribution in [1.29, 1.82) is 0 Å². The fourth-order valence-corrected chi connectivity index (χ4v) is 2.51. The lowest BCUT2D eigenvalue weighted by Crippen LogP contribution is -1.91. The van der Waals surface area contributed by atoms with Crippen LogP contribution in [0, 0.1) is 0 Å². The summed E-state index contributed by atoms with van der Waals surface area (Å²) < 4.78 is 0. The molecule has 19 heavy (non-hydrogen) atoms. The van der Waals surface area contributed by atoms with E-state index >= 15 is 0 Å². The average molecular weight is 246 g/mol. The Morgan fingerprint density at radius 1 is 0.737 bits per heavy atom. The van der Waals surface area contributed by atoms with Gasteiger partial charge in [-0.1, -0.05) is 66.7 Å². The van der Waals surface area contributed by atoms with Gasteiger partial charge in [-0.3, -0.25) is 0 Å². The molecule has 0 aliphatic heterocycles. The lowest BCUT2D eigenvalue weighted by atomic mass is 9.94. The molecule has 0 radical (unpaired) electrons. The molecule has 3 aromatic carbocycles. The largest absolute Gasteiger partial charge is 0.303 e. The summed E-state index contributed by atoms with van der Waals surface area (Å²) in [4.78, 5) is 10.8. The van der Waals surface area contributed by atoms with Crippen LogP contribution in [0.2, 0.25) is 0 Å². The van der Waals surface area contributed by atoms with E-state index in [4.69, 9.17) is 0 Å². The van der Waals surface area contributed by atoms with Gasteiger partial charge in [-0.15, -0.1) is 0 Å². The molecule has 0 N–H and O–H groups in total. The van der Waals surface area contributed by atoms with Crippen LogP contribution in [0.4, 0.5) is 0 Å². The number of hydrogen-bond acceptors (Lipinski definition) is 1. The van der Waals surface area contributed by atoms with Crippen molar-refractivity contribution in [3.8, 4) is 11.1 Å². The summed E-state index contributed by atoms with van der Waals surface area (Å²) >= 11 is 0. The number of rotatable bonds is 3. The second-order valence-electron chi connectivity index (χ2n) is 4.55. The minimum atomic E-state index is 0.458. The van der Waals surface area contributed by atoms with E-state index < -0.39 is 0 Å². The molecule has 1 nitrogen and oxygen atoms in total. The minimum absolute atomic E-state index is 0.458. The van der Waals surface area contributed by atoms with E-state index in [1.807, 2.05) is 30.3 Å². The van der Waals surface area contributed by atoms with Gasteiger partial charge in [0.1, 0.15) is 6.29 Å². The first kappa shape index (κ1) is 11.7. The fourth-order valence-electron chi connectivity index (χ4n) is 2.51. The van der Waals surface area contributed by atoms with Crippen LogP contribution in [0.15, 0.2) is 66.7 Å². The second kappa shape index (κ2) is 5.07. The van der Waals surface area contributed by atoms with Gasteiger partial charge in [-0.05, 0) is 27.5 Å². The number of aldehydes is 1. The Morgan fingerprint density at radius 2 is 1.42 bits per heavy atom. The van der Waals surface area contributed by atoms with Gasteiger partial charge >= 0.3 is 0 Å². The van der Waals surface area contributed by atoms with Crippen LogP contribution in [-0.4, -0.2) is 6.29 Å². The standard InChI is InChI=1S/C18H14O/c19-13-12-15-7-2-4-10-17(15)18-11-5-8-14-6-1-3-9-16(14)18/h1-11,13H,12H2. The van der Waals surface area contributed by atoms with Crippen LogP contribution >= 0.6 is 0 Å². The Hall–Kier alpha value is -2.41. The molecule has 0 fully saturated rings. The number of carbonyl (C=O) groups excluding carboxylic acids is 1. The zero-order valence-corrected chi connectivity index (χ0v) is 10.5. The van der Waals surface area contributed by atoms with Gasteiger partial charge < -0.3 is 4.79 Å². The molecular formula is C18H14O. The van der Waals surface area contributed by atoms with E-state index in [1.54, 1.807) is 0 Å². The first-order valence-corrected chi connectivity index (χ1v) is 6.40. The molecule has 0 spiro atoms. The lowest BCUT2D eigenvalue weighted by molar-refractivity contribution is -0.107. The van der Waals surface area contributed by atoms with Crippen LogP contribution in [0.3, 0.4) is 0 Å². The molecule has 1 heteroatoms. The van der Waals surface area contributed by atoms with Crippen LogP contribution < -0.4 is 0 Å². The summed E-state index contributed by atoms with van der Waals surface area (Å²) in [5.74, 6) is 0. The normalized spacial score (nSPS) is 10.5. The quantitative estimate of drug-likeness (QED) is 0.631. The zero-order valence-electron chi connectivity index (χ0n) is 10.5. The molecule has 0 amide bonds.